The molecule has 7 heteroatoms. The van der Waals surface area contributed by atoms with E-state index in [0.717, 1.165) is 12.0 Å². The van der Waals surface area contributed by atoms with E-state index in [1.165, 1.54) is 34.4 Å². The van der Waals surface area contributed by atoms with E-state index in [2.05, 4.69) is 12.2 Å². The van der Waals surface area contributed by atoms with Gasteiger partial charge in [0, 0.05) is 5.69 Å². The number of thioether (sulfide) groups is 1. The highest BCUT2D eigenvalue weighted by atomic mass is 32.2. The standard InChI is InChI=1S/C20H18N2O3S2/c1-2-13-3-5-14(6-4-13)11-17-19(25)22(20(26)27-17)12-18(24)21-15-7-9-16(23)10-8-15/h3-11,23H,2,12H2,1H3,(H,21,24)/b17-11+. The van der Waals surface area contributed by atoms with Gasteiger partial charge in [-0.25, -0.2) is 0 Å². The van der Waals surface area contributed by atoms with Crippen molar-refractivity contribution in [2.24, 2.45) is 0 Å². The summed E-state index contributed by atoms with van der Waals surface area (Å²) in [6.07, 6.45) is 2.75. The quantitative estimate of drug-likeness (QED) is 0.456. The third kappa shape index (κ3) is 4.75. The third-order valence-electron chi connectivity index (χ3n) is 4.01. The number of anilines is 1. The summed E-state index contributed by atoms with van der Waals surface area (Å²) in [4.78, 5) is 26.6. The largest absolute Gasteiger partial charge is 0.508 e. The predicted octanol–water partition coefficient (Wildman–Crippen LogP) is 3.79. The number of phenols is 1. The minimum absolute atomic E-state index is 0.113. The maximum Gasteiger partial charge on any atom is 0.266 e. The first-order chi connectivity index (χ1) is 13.0. The lowest BCUT2D eigenvalue weighted by Crippen LogP contribution is -2.36. The van der Waals surface area contributed by atoms with E-state index in [1.54, 1.807) is 18.2 Å². The van der Waals surface area contributed by atoms with Crippen LogP contribution in [0.3, 0.4) is 0 Å². The number of benzene rings is 2. The molecule has 0 atom stereocenters. The number of amides is 2. The van der Waals surface area contributed by atoms with E-state index in [0.29, 0.717) is 14.9 Å². The fourth-order valence-corrected chi connectivity index (χ4v) is 3.78. The number of aryl methyl sites for hydroxylation is 1. The molecule has 138 valence electrons. The van der Waals surface area contributed by atoms with Crippen molar-refractivity contribution in [2.75, 3.05) is 11.9 Å². The first-order valence-corrected chi connectivity index (χ1v) is 9.62. The Balaban J connectivity index is 1.67. The second-order valence-corrected chi connectivity index (χ2v) is 7.63. The summed E-state index contributed by atoms with van der Waals surface area (Å²) in [6, 6.07) is 14.1. The van der Waals surface area contributed by atoms with Gasteiger partial charge in [-0.15, -0.1) is 0 Å². The molecule has 1 aliphatic rings. The Labute approximate surface area is 167 Å². The van der Waals surface area contributed by atoms with Crippen LogP contribution in [-0.4, -0.2) is 32.7 Å². The van der Waals surface area contributed by atoms with Crippen LogP contribution in [0.4, 0.5) is 5.69 Å². The summed E-state index contributed by atoms with van der Waals surface area (Å²) in [7, 11) is 0. The molecule has 5 nitrogen and oxygen atoms in total. The lowest BCUT2D eigenvalue weighted by atomic mass is 10.1. The average molecular weight is 399 g/mol. The lowest BCUT2D eigenvalue weighted by Gasteiger charge is -2.14. The lowest BCUT2D eigenvalue weighted by molar-refractivity contribution is -0.126. The molecule has 0 aromatic heterocycles. The molecule has 27 heavy (non-hydrogen) atoms. The van der Waals surface area contributed by atoms with Crippen LogP contribution in [0.5, 0.6) is 5.75 Å². The highest BCUT2D eigenvalue weighted by Crippen LogP contribution is 2.32. The van der Waals surface area contributed by atoms with Crippen molar-refractivity contribution >= 4 is 51.9 Å². The van der Waals surface area contributed by atoms with Crippen molar-refractivity contribution in [1.29, 1.82) is 0 Å². The summed E-state index contributed by atoms with van der Waals surface area (Å²) in [5.41, 5.74) is 2.68. The molecule has 0 saturated carbocycles. The monoisotopic (exact) mass is 398 g/mol. The van der Waals surface area contributed by atoms with E-state index >= 15 is 0 Å². The van der Waals surface area contributed by atoms with Crippen molar-refractivity contribution in [3.63, 3.8) is 0 Å². The Bertz CT molecular complexity index is 906. The van der Waals surface area contributed by atoms with Crippen LogP contribution in [0, 0.1) is 0 Å². The Morgan fingerprint density at radius 2 is 1.85 bits per heavy atom. The van der Waals surface area contributed by atoms with Gasteiger partial charge in [-0.1, -0.05) is 55.2 Å². The molecule has 2 aromatic rings. The second-order valence-electron chi connectivity index (χ2n) is 5.96. The fourth-order valence-electron chi connectivity index (χ4n) is 2.53. The number of carbonyl (C=O) groups is 2. The maximum atomic E-state index is 12.6. The number of nitrogens with zero attached hydrogens (tertiary/aromatic N) is 1. The smallest absolute Gasteiger partial charge is 0.266 e. The molecule has 0 unspecified atom stereocenters. The second kappa shape index (κ2) is 8.37. The van der Waals surface area contributed by atoms with Gasteiger partial charge < -0.3 is 10.4 Å². The molecular formula is C20H18N2O3S2. The highest BCUT2D eigenvalue weighted by Gasteiger charge is 2.33. The van der Waals surface area contributed by atoms with Gasteiger partial charge in [0.05, 0.1) is 4.91 Å². The van der Waals surface area contributed by atoms with Gasteiger partial charge in [0.25, 0.3) is 5.91 Å². The molecule has 0 radical (unpaired) electrons. The molecule has 1 heterocycles. The normalized spacial score (nSPS) is 15.4. The molecule has 3 rings (SSSR count). The predicted molar refractivity (Wildman–Crippen MR) is 112 cm³/mol. The highest BCUT2D eigenvalue weighted by molar-refractivity contribution is 8.26. The van der Waals surface area contributed by atoms with E-state index < -0.39 is 0 Å². The van der Waals surface area contributed by atoms with E-state index in [4.69, 9.17) is 12.2 Å². The van der Waals surface area contributed by atoms with Crippen LogP contribution in [0.2, 0.25) is 0 Å². The van der Waals surface area contributed by atoms with Crippen LogP contribution in [0.1, 0.15) is 18.1 Å². The van der Waals surface area contributed by atoms with Gasteiger partial charge >= 0.3 is 0 Å². The number of nitrogens with one attached hydrogen (secondary N) is 1. The van der Waals surface area contributed by atoms with Gasteiger partial charge in [0.15, 0.2) is 0 Å². The molecular weight excluding hydrogens is 380 g/mol. The van der Waals surface area contributed by atoms with Crippen molar-refractivity contribution in [3.05, 3.63) is 64.6 Å². The van der Waals surface area contributed by atoms with Crippen molar-refractivity contribution in [3.8, 4) is 5.75 Å². The van der Waals surface area contributed by atoms with E-state index in [1.807, 2.05) is 24.3 Å². The van der Waals surface area contributed by atoms with Crippen molar-refractivity contribution in [1.82, 2.24) is 4.90 Å². The van der Waals surface area contributed by atoms with Crippen molar-refractivity contribution < 1.29 is 14.7 Å². The van der Waals surface area contributed by atoms with Crippen molar-refractivity contribution in [2.45, 2.75) is 13.3 Å². The Morgan fingerprint density at radius 3 is 2.48 bits per heavy atom. The Kier molecular flexibility index (Phi) is 5.93. The van der Waals surface area contributed by atoms with Crippen LogP contribution < -0.4 is 5.32 Å². The molecule has 0 spiro atoms. The maximum absolute atomic E-state index is 12.6. The number of thiocarbonyl (C=S) groups is 1. The summed E-state index contributed by atoms with van der Waals surface area (Å²) < 4.78 is 0.359. The van der Waals surface area contributed by atoms with E-state index in [-0.39, 0.29) is 24.1 Å². The summed E-state index contributed by atoms with van der Waals surface area (Å²) in [5, 5.41) is 12.0. The van der Waals surface area contributed by atoms with E-state index in [9.17, 15) is 14.7 Å². The molecule has 1 aliphatic heterocycles. The average Bonchev–Trinajstić information content (AvgIpc) is 2.91. The summed E-state index contributed by atoms with van der Waals surface area (Å²) >= 11 is 6.46. The molecule has 1 saturated heterocycles. The van der Waals surface area contributed by atoms with Crippen LogP contribution >= 0.6 is 24.0 Å². The minimum atomic E-state index is -0.356. The zero-order chi connectivity index (χ0) is 19.4. The van der Waals surface area contributed by atoms with Crippen LogP contribution in [0.25, 0.3) is 6.08 Å². The SMILES string of the molecule is CCc1ccc(/C=C2/SC(=S)N(CC(=O)Nc3ccc(O)cc3)C2=O)cc1. The topological polar surface area (TPSA) is 69.6 Å². The zero-order valence-corrected chi connectivity index (χ0v) is 16.3. The van der Waals surface area contributed by atoms with Gasteiger partial charge in [-0.2, -0.15) is 0 Å². The number of rotatable bonds is 5. The van der Waals surface area contributed by atoms with Gasteiger partial charge in [0.2, 0.25) is 5.91 Å². The molecule has 1 fully saturated rings. The number of hydrogen-bond acceptors (Lipinski definition) is 5. The Hall–Kier alpha value is -2.64. The fraction of sp³-hybridized carbons (Fsp3) is 0.150. The molecule has 0 bridgehead atoms. The van der Waals surface area contributed by atoms with Crippen LogP contribution in [0.15, 0.2) is 53.4 Å². The van der Waals surface area contributed by atoms with Gasteiger partial charge in [-0.05, 0) is 47.9 Å². The third-order valence-corrected chi connectivity index (χ3v) is 5.39. The molecule has 2 aromatic carbocycles. The first kappa shape index (κ1) is 19.1. The van der Waals surface area contributed by atoms with Crippen LogP contribution in [-0.2, 0) is 16.0 Å². The molecule has 2 N–H and O–H groups in total. The first-order valence-electron chi connectivity index (χ1n) is 8.39. The molecule has 0 aliphatic carbocycles. The zero-order valence-electron chi connectivity index (χ0n) is 14.6. The number of carbonyl (C=O) groups excluding carboxylic acids is 2. The van der Waals surface area contributed by atoms with Gasteiger partial charge in [0.1, 0.15) is 16.6 Å². The Morgan fingerprint density at radius 1 is 1.19 bits per heavy atom. The number of phenolic OH excluding ortho intramolecular Hbond substituents is 1. The summed E-state index contributed by atoms with van der Waals surface area (Å²) in [5.74, 6) is -0.516. The number of hydrogen-bond donors (Lipinski definition) is 2. The van der Waals surface area contributed by atoms with Gasteiger partial charge in [-0.3, -0.25) is 14.5 Å². The number of aromatic hydroxyl groups is 1. The minimum Gasteiger partial charge on any atom is -0.508 e. The molecule has 2 amide bonds. The summed E-state index contributed by atoms with van der Waals surface area (Å²) in [6.45, 7) is 1.93.